The van der Waals surface area contributed by atoms with E-state index in [-0.39, 0.29) is 0 Å². The second-order valence-electron chi connectivity index (χ2n) is 5.94. The lowest BCUT2D eigenvalue weighted by atomic mass is 10.1. The Labute approximate surface area is 124 Å². The fraction of sp³-hybridized carbons (Fsp3) is 0.846. The highest BCUT2D eigenvalue weighted by molar-refractivity contribution is 7.10. The number of piperazine rings is 1. The zero-order valence-electron chi connectivity index (χ0n) is 12.6. The molecule has 0 amide bonds. The normalized spacial score (nSPS) is 18.4. The van der Waals surface area contributed by atoms with E-state index < -0.39 is 5.60 Å². The summed E-state index contributed by atoms with van der Waals surface area (Å²) in [4.78, 5) is 4.72. The van der Waals surface area contributed by atoms with Crippen LogP contribution < -0.4 is 5.32 Å². The molecule has 1 aromatic heterocycles. The third-order valence-electron chi connectivity index (χ3n) is 3.34. The van der Waals surface area contributed by atoms with Crippen molar-refractivity contribution in [3.8, 4) is 0 Å². The smallest absolute Gasteiger partial charge is 0.134 e. The monoisotopic (exact) mass is 299 g/mol. The molecule has 0 aromatic carbocycles. The molecule has 1 aromatic rings. The molecule has 1 saturated heterocycles. The van der Waals surface area contributed by atoms with Gasteiger partial charge in [-0.1, -0.05) is 4.49 Å². The van der Waals surface area contributed by atoms with Gasteiger partial charge in [0.05, 0.1) is 5.60 Å². The van der Waals surface area contributed by atoms with E-state index in [4.69, 9.17) is 0 Å². The van der Waals surface area contributed by atoms with Crippen molar-refractivity contribution in [2.75, 3.05) is 44.6 Å². The van der Waals surface area contributed by atoms with E-state index in [0.29, 0.717) is 0 Å². The largest absolute Gasteiger partial charge is 0.389 e. The number of nitrogens with zero attached hydrogens (tertiary/aromatic N) is 4. The van der Waals surface area contributed by atoms with Crippen LogP contribution in [0.1, 0.15) is 26.5 Å². The van der Waals surface area contributed by atoms with Gasteiger partial charge >= 0.3 is 0 Å². The summed E-state index contributed by atoms with van der Waals surface area (Å²) in [6.07, 6.45) is 0. The molecule has 1 aliphatic rings. The zero-order chi connectivity index (χ0) is 14.6. The van der Waals surface area contributed by atoms with Gasteiger partial charge in [0.15, 0.2) is 0 Å². The Morgan fingerprint density at radius 3 is 2.50 bits per heavy atom. The number of anilines is 1. The highest BCUT2D eigenvalue weighted by Gasteiger charge is 2.23. The van der Waals surface area contributed by atoms with Crippen LogP contribution in [-0.2, 0) is 6.54 Å². The van der Waals surface area contributed by atoms with Crippen LogP contribution in [0.15, 0.2) is 0 Å². The minimum absolute atomic E-state index is 0.612. The minimum Gasteiger partial charge on any atom is -0.389 e. The third-order valence-corrected chi connectivity index (χ3v) is 4.07. The van der Waals surface area contributed by atoms with Gasteiger partial charge in [-0.25, -0.2) is 0 Å². The Hall–Kier alpha value is -0.760. The van der Waals surface area contributed by atoms with Gasteiger partial charge in [-0.05, 0) is 20.8 Å². The van der Waals surface area contributed by atoms with Gasteiger partial charge in [-0.15, -0.1) is 5.10 Å². The highest BCUT2D eigenvalue weighted by Crippen LogP contribution is 2.20. The third kappa shape index (κ3) is 4.66. The first-order valence-corrected chi connectivity index (χ1v) is 7.97. The summed E-state index contributed by atoms with van der Waals surface area (Å²) in [5, 5.41) is 18.5. The quantitative estimate of drug-likeness (QED) is 0.812. The van der Waals surface area contributed by atoms with Crippen LogP contribution in [0, 0.1) is 0 Å². The van der Waals surface area contributed by atoms with Crippen LogP contribution in [0.3, 0.4) is 0 Å². The Balaban J connectivity index is 1.81. The molecule has 114 valence electrons. The van der Waals surface area contributed by atoms with Crippen molar-refractivity contribution in [2.45, 2.75) is 32.9 Å². The van der Waals surface area contributed by atoms with Crippen molar-refractivity contribution in [1.29, 1.82) is 0 Å². The van der Waals surface area contributed by atoms with Crippen LogP contribution in [0.25, 0.3) is 0 Å². The summed E-state index contributed by atoms with van der Waals surface area (Å²) < 4.78 is 4.03. The van der Waals surface area contributed by atoms with Gasteiger partial charge in [0.2, 0.25) is 0 Å². The van der Waals surface area contributed by atoms with Crippen LogP contribution >= 0.6 is 11.5 Å². The van der Waals surface area contributed by atoms with Crippen molar-refractivity contribution < 1.29 is 5.11 Å². The molecule has 1 fully saturated rings. The van der Waals surface area contributed by atoms with Crippen LogP contribution in [0.5, 0.6) is 0 Å². The molecule has 2 heterocycles. The van der Waals surface area contributed by atoms with Gasteiger partial charge in [-0.3, -0.25) is 9.80 Å². The molecular weight excluding hydrogens is 274 g/mol. The number of hydrogen-bond donors (Lipinski definition) is 2. The number of hydrogen-bond acceptors (Lipinski definition) is 7. The van der Waals surface area contributed by atoms with Gasteiger partial charge in [0.1, 0.15) is 10.7 Å². The Kier molecular flexibility index (Phi) is 5.31. The van der Waals surface area contributed by atoms with Crippen molar-refractivity contribution in [1.82, 2.24) is 19.4 Å². The lowest BCUT2D eigenvalue weighted by Gasteiger charge is -2.37. The van der Waals surface area contributed by atoms with Crippen LogP contribution in [0.2, 0.25) is 0 Å². The average molecular weight is 299 g/mol. The summed E-state index contributed by atoms with van der Waals surface area (Å²) in [5.74, 6) is 0. The van der Waals surface area contributed by atoms with E-state index in [0.717, 1.165) is 56.5 Å². The second kappa shape index (κ2) is 6.80. The van der Waals surface area contributed by atoms with E-state index >= 15 is 0 Å². The molecule has 0 atom stereocenters. The predicted molar refractivity (Wildman–Crippen MR) is 82.1 cm³/mol. The summed E-state index contributed by atoms with van der Waals surface area (Å²) in [7, 11) is 0. The average Bonchev–Trinajstić information content (AvgIpc) is 2.78. The predicted octanol–water partition coefficient (Wildman–Crippen LogP) is 0.858. The Bertz CT molecular complexity index is 409. The number of aliphatic hydroxyl groups is 1. The zero-order valence-corrected chi connectivity index (χ0v) is 13.4. The molecule has 0 unspecified atom stereocenters. The fourth-order valence-electron chi connectivity index (χ4n) is 2.47. The molecule has 0 bridgehead atoms. The first-order valence-electron chi connectivity index (χ1n) is 7.20. The van der Waals surface area contributed by atoms with E-state index in [1.54, 1.807) is 0 Å². The Morgan fingerprint density at radius 1 is 1.25 bits per heavy atom. The maximum atomic E-state index is 9.86. The van der Waals surface area contributed by atoms with Crippen molar-refractivity contribution >= 4 is 16.5 Å². The van der Waals surface area contributed by atoms with Crippen LogP contribution in [0.4, 0.5) is 5.00 Å². The molecular formula is C13H25N5OS. The van der Waals surface area contributed by atoms with Crippen LogP contribution in [-0.4, -0.2) is 69.4 Å². The lowest BCUT2D eigenvalue weighted by molar-refractivity contribution is 0.0165. The molecule has 0 spiro atoms. The van der Waals surface area contributed by atoms with Crippen molar-refractivity contribution in [2.24, 2.45) is 0 Å². The molecule has 2 N–H and O–H groups in total. The van der Waals surface area contributed by atoms with Gasteiger partial charge < -0.3 is 10.4 Å². The maximum Gasteiger partial charge on any atom is 0.134 e. The Morgan fingerprint density at radius 2 is 1.90 bits per heavy atom. The number of rotatable bonds is 6. The first-order chi connectivity index (χ1) is 9.48. The SMILES string of the molecule is CCNc1snnc1CN1CCN(CC(C)(C)O)CC1. The lowest BCUT2D eigenvalue weighted by Crippen LogP contribution is -2.50. The topological polar surface area (TPSA) is 64.5 Å². The van der Waals surface area contributed by atoms with Crippen molar-refractivity contribution in [3.63, 3.8) is 0 Å². The van der Waals surface area contributed by atoms with Crippen molar-refractivity contribution in [3.05, 3.63) is 5.69 Å². The molecule has 2 rings (SSSR count). The minimum atomic E-state index is -0.612. The molecule has 0 saturated carbocycles. The highest BCUT2D eigenvalue weighted by atomic mass is 32.1. The van der Waals surface area contributed by atoms with E-state index in [1.165, 1.54) is 11.5 Å². The molecule has 6 nitrogen and oxygen atoms in total. The second-order valence-corrected chi connectivity index (χ2v) is 6.70. The molecule has 0 aliphatic carbocycles. The van der Waals surface area contributed by atoms with Gasteiger partial charge in [0, 0.05) is 57.3 Å². The summed E-state index contributed by atoms with van der Waals surface area (Å²) in [6.45, 7) is 12.3. The number of β-amino-alcohol motifs (C(OH)–C–C–N with tert-alkyl or cyclic N) is 1. The summed E-state index contributed by atoms with van der Waals surface area (Å²) in [5.41, 5.74) is 0.437. The molecule has 20 heavy (non-hydrogen) atoms. The molecule has 7 heteroatoms. The van der Waals surface area contributed by atoms with Gasteiger partial charge in [-0.2, -0.15) is 0 Å². The fourth-order valence-corrected chi connectivity index (χ4v) is 3.11. The van der Waals surface area contributed by atoms with E-state index in [1.807, 2.05) is 13.8 Å². The van der Waals surface area contributed by atoms with E-state index in [9.17, 15) is 5.11 Å². The number of nitrogens with one attached hydrogen (secondary N) is 1. The molecule has 0 radical (unpaired) electrons. The maximum absolute atomic E-state index is 9.86. The van der Waals surface area contributed by atoms with Gasteiger partial charge in [0.25, 0.3) is 0 Å². The molecule has 1 aliphatic heterocycles. The standard InChI is InChI=1S/C13H25N5OS/c1-4-14-12-11(15-16-20-12)9-17-5-7-18(8-6-17)10-13(2,3)19/h14,19H,4-10H2,1-3H3. The summed E-state index contributed by atoms with van der Waals surface area (Å²) >= 11 is 1.43. The first kappa shape index (κ1) is 15.6. The number of aromatic nitrogens is 2. The summed E-state index contributed by atoms with van der Waals surface area (Å²) in [6, 6.07) is 0. The van der Waals surface area contributed by atoms with E-state index in [2.05, 4.69) is 31.6 Å².